The summed E-state index contributed by atoms with van der Waals surface area (Å²) in [6.07, 6.45) is 3.78. The van der Waals surface area contributed by atoms with E-state index in [1.165, 1.54) is 4.68 Å². The van der Waals surface area contributed by atoms with Gasteiger partial charge < -0.3 is 20.4 Å². The Labute approximate surface area is 154 Å². The first-order chi connectivity index (χ1) is 12.4. The van der Waals surface area contributed by atoms with Gasteiger partial charge in [-0.15, -0.1) is 0 Å². The fourth-order valence-electron chi connectivity index (χ4n) is 3.62. The second-order valence-corrected chi connectivity index (χ2v) is 7.64. The van der Waals surface area contributed by atoms with Gasteiger partial charge in [0, 0.05) is 25.2 Å². The number of nitrogens with one attached hydrogen (secondary N) is 2. The zero-order chi connectivity index (χ0) is 18.7. The minimum Gasteiger partial charge on any atom is -0.348 e. The van der Waals surface area contributed by atoms with Gasteiger partial charge in [-0.05, 0) is 66.0 Å². The number of carbonyl (C=O) groups excluding carboxylic acids is 2. The Hall–Kier alpha value is -1.93. The Morgan fingerprint density at radius 2 is 1.35 bits per heavy atom. The molecule has 0 aromatic carbocycles. The van der Waals surface area contributed by atoms with Gasteiger partial charge >= 0.3 is 0 Å². The molecule has 0 aliphatic carbocycles. The zero-order valence-corrected chi connectivity index (χ0v) is 16.0. The second kappa shape index (κ2) is 8.18. The van der Waals surface area contributed by atoms with E-state index in [0.717, 1.165) is 51.9 Å². The number of hydrogen-bond donors (Lipinski definition) is 2. The Bertz CT molecular complexity index is 642. The molecular formula is C18H30N6O2. The molecule has 3 rings (SSSR count). The number of likely N-dealkylation sites (tertiary alicyclic amines) is 2. The minimum atomic E-state index is -0.200. The lowest BCUT2D eigenvalue weighted by molar-refractivity contribution is 0.0901. The van der Waals surface area contributed by atoms with E-state index in [1.54, 1.807) is 13.1 Å². The van der Waals surface area contributed by atoms with Crippen LogP contribution in [-0.2, 0) is 7.05 Å². The first-order valence-corrected chi connectivity index (χ1v) is 9.45. The van der Waals surface area contributed by atoms with Gasteiger partial charge in [-0.3, -0.25) is 14.3 Å². The van der Waals surface area contributed by atoms with Crippen molar-refractivity contribution in [1.29, 1.82) is 0 Å². The molecule has 2 aliphatic heterocycles. The summed E-state index contributed by atoms with van der Waals surface area (Å²) >= 11 is 0. The van der Waals surface area contributed by atoms with E-state index in [0.29, 0.717) is 11.4 Å². The normalized spacial score (nSPS) is 20.9. The third-order valence-electron chi connectivity index (χ3n) is 5.45. The predicted molar refractivity (Wildman–Crippen MR) is 99.2 cm³/mol. The lowest BCUT2D eigenvalue weighted by Crippen LogP contribution is -2.43. The quantitative estimate of drug-likeness (QED) is 0.792. The maximum Gasteiger partial charge on any atom is 0.272 e. The molecule has 2 saturated heterocycles. The highest BCUT2D eigenvalue weighted by Crippen LogP contribution is 2.12. The van der Waals surface area contributed by atoms with E-state index in [9.17, 15) is 9.59 Å². The Morgan fingerprint density at radius 3 is 1.85 bits per heavy atom. The van der Waals surface area contributed by atoms with Crippen molar-refractivity contribution in [1.82, 2.24) is 30.2 Å². The summed E-state index contributed by atoms with van der Waals surface area (Å²) in [7, 11) is 5.89. The van der Waals surface area contributed by atoms with Crippen molar-refractivity contribution in [3.8, 4) is 0 Å². The summed E-state index contributed by atoms with van der Waals surface area (Å²) in [6, 6.07) is 1.96. The minimum absolute atomic E-state index is 0.159. The van der Waals surface area contributed by atoms with E-state index >= 15 is 0 Å². The summed E-state index contributed by atoms with van der Waals surface area (Å²) in [4.78, 5) is 29.5. The van der Waals surface area contributed by atoms with Crippen LogP contribution in [-0.4, -0.2) is 83.8 Å². The predicted octanol–water partition coefficient (Wildman–Crippen LogP) is 0.0681. The van der Waals surface area contributed by atoms with Crippen molar-refractivity contribution in [3.63, 3.8) is 0 Å². The number of piperidine rings is 2. The van der Waals surface area contributed by atoms with Crippen LogP contribution in [0.1, 0.15) is 46.7 Å². The number of hydrogen-bond acceptors (Lipinski definition) is 5. The van der Waals surface area contributed by atoms with Crippen molar-refractivity contribution in [3.05, 3.63) is 17.5 Å². The molecule has 1 aromatic rings. The number of aromatic nitrogens is 2. The standard InChI is InChI=1S/C18H30N6O2/c1-22-8-4-13(5-9-22)19-17(25)15-12-16(24(3)21-15)18(26)20-14-6-10-23(2)11-7-14/h12-14H,4-11H2,1-3H3,(H,19,25)(H,20,26). The van der Waals surface area contributed by atoms with Crippen LogP contribution < -0.4 is 10.6 Å². The van der Waals surface area contributed by atoms with Gasteiger partial charge in [0.1, 0.15) is 5.69 Å². The molecule has 8 nitrogen and oxygen atoms in total. The SMILES string of the molecule is CN1CCC(NC(=O)c2cc(C(=O)NC3CCN(C)CC3)n(C)n2)CC1. The molecule has 0 unspecified atom stereocenters. The van der Waals surface area contributed by atoms with Crippen LogP contribution in [0.5, 0.6) is 0 Å². The largest absolute Gasteiger partial charge is 0.348 e. The number of nitrogens with zero attached hydrogens (tertiary/aromatic N) is 4. The van der Waals surface area contributed by atoms with Crippen LogP contribution in [0.3, 0.4) is 0 Å². The molecule has 0 spiro atoms. The van der Waals surface area contributed by atoms with Crippen molar-refractivity contribution in [2.45, 2.75) is 37.8 Å². The summed E-state index contributed by atoms with van der Waals surface area (Å²) < 4.78 is 1.49. The number of rotatable bonds is 4. The summed E-state index contributed by atoms with van der Waals surface area (Å²) in [5, 5.41) is 10.4. The third-order valence-corrected chi connectivity index (χ3v) is 5.45. The Kier molecular flexibility index (Phi) is 5.93. The van der Waals surface area contributed by atoms with E-state index in [-0.39, 0.29) is 23.9 Å². The van der Waals surface area contributed by atoms with E-state index in [2.05, 4.69) is 39.6 Å². The molecule has 0 bridgehead atoms. The summed E-state index contributed by atoms with van der Waals surface area (Å²) in [5.41, 5.74) is 0.734. The lowest BCUT2D eigenvalue weighted by atomic mass is 10.1. The molecule has 3 heterocycles. The zero-order valence-electron chi connectivity index (χ0n) is 16.0. The molecule has 1 aromatic heterocycles. The molecule has 0 atom stereocenters. The van der Waals surface area contributed by atoms with Crippen LogP contribution in [0.2, 0.25) is 0 Å². The maximum absolute atomic E-state index is 12.6. The molecule has 26 heavy (non-hydrogen) atoms. The highest BCUT2D eigenvalue weighted by molar-refractivity contribution is 5.98. The molecular weight excluding hydrogens is 332 g/mol. The van der Waals surface area contributed by atoms with Gasteiger partial charge in [0.2, 0.25) is 0 Å². The van der Waals surface area contributed by atoms with E-state index < -0.39 is 0 Å². The Balaban J connectivity index is 1.57. The smallest absolute Gasteiger partial charge is 0.272 e. The van der Waals surface area contributed by atoms with Crippen molar-refractivity contribution in [2.75, 3.05) is 40.3 Å². The molecule has 0 saturated carbocycles. The molecule has 2 amide bonds. The van der Waals surface area contributed by atoms with Crippen molar-refractivity contribution in [2.24, 2.45) is 7.05 Å². The summed E-state index contributed by atoms with van der Waals surface area (Å²) in [6.45, 7) is 3.94. The summed E-state index contributed by atoms with van der Waals surface area (Å²) in [5.74, 6) is -0.360. The average molecular weight is 362 g/mol. The van der Waals surface area contributed by atoms with Gasteiger partial charge in [0.05, 0.1) is 0 Å². The first kappa shape index (κ1) is 18.8. The van der Waals surface area contributed by atoms with Crippen molar-refractivity contribution < 1.29 is 9.59 Å². The number of aryl methyl sites for hydroxylation is 1. The van der Waals surface area contributed by atoms with Crippen LogP contribution in [0.15, 0.2) is 6.07 Å². The van der Waals surface area contributed by atoms with Gasteiger partial charge in [-0.2, -0.15) is 5.10 Å². The van der Waals surface area contributed by atoms with Crippen LogP contribution in [0, 0.1) is 0 Å². The number of amides is 2. The molecule has 2 fully saturated rings. The highest BCUT2D eigenvalue weighted by Gasteiger charge is 2.24. The lowest BCUT2D eigenvalue weighted by Gasteiger charge is -2.29. The van der Waals surface area contributed by atoms with Crippen LogP contribution >= 0.6 is 0 Å². The van der Waals surface area contributed by atoms with Crippen LogP contribution in [0.25, 0.3) is 0 Å². The first-order valence-electron chi connectivity index (χ1n) is 9.45. The monoisotopic (exact) mass is 362 g/mol. The third kappa shape index (κ3) is 4.62. The van der Waals surface area contributed by atoms with E-state index in [4.69, 9.17) is 0 Å². The fourth-order valence-corrected chi connectivity index (χ4v) is 3.62. The maximum atomic E-state index is 12.6. The van der Waals surface area contributed by atoms with Gasteiger partial charge in [0.15, 0.2) is 5.69 Å². The highest BCUT2D eigenvalue weighted by atomic mass is 16.2. The Morgan fingerprint density at radius 1 is 0.885 bits per heavy atom. The topological polar surface area (TPSA) is 82.5 Å². The fraction of sp³-hybridized carbons (Fsp3) is 0.722. The van der Waals surface area contributed by atoms with Crippen molar-refractivity contribution >= 4 is 11.8 Å². The average Bonchev–Trinajstić information content (AvgIpc) is 3.01. The van der Waals surface area contributed by atoms with Crippen LogP contribution in [0.4, 0.5) is 0 Å². The molecule has 0 radical (unpaired) electrons. The number of carbonyl (C=O) groups is 2. The van der Waals surface area contributed by atoms with E-state index in [1.807, 2.05) is 0 Å². The molecule has 2 N–H and O–H groups in total. The van der Waals surface area contributed by atoms with Gasteiger partial charge in [-0.1, -0.05) is 0 Å². The second-order valence-electron chi connectivity index (χ2n) is 7.64. The molecule has 8 heteroatoms. The molecule has 144 valence electrons. The van der Waals surface area contributed by atoms with Gasteiger partial charge in [0.25, 0.3) is 11.8 Å². The molecule has 2 aliphatic rings. The van der Waals surface area contributed by atoms with Gasteiger partial charge in [-0.25, -0.2) is 0 Å².